The number of benzene rings is 2. The quantitative estimate of drug-likeness (QED) is 0.293. The molecule has 190 valence electrons. The van der Waals surface area contributed by atoms with Crippen LogP contribution in [0, 0.1) is 12.7 Å². The van der Waals surface area contributed by atoms with Crippen LogP contribution in [-0.2, 0) is 14.8 Å². The van der Waals surface area contributed by atoms with Gasteiger partial charge in [-0.25, -0.2) is 17.6 Å². The highest BCUT2D eigenvalue weighted by molar-refractivity contribution is 7.92. The maximum Gasteiger partial charge on any atom is 0.355 e. The number of sulfonamides is 1. The molecule has 0 fully saturated rings. The number of hydrogen-bond acceptors (Lipinski definition) is 7. The normalized spacial score (nSPS) is 13.4. The molecule has 0 aliphatic carbocycles. The number of aliphatic hydroxyl groups excluding tert-OH is 1. The molecule has 11 heteroatoms. The Morgan fingerprint density at radius 1 is 1.23 bits per heavy atom. The third kappa shape index (κ3) is 6.93. The van der Waals surface area contributed by atoms with E-state index in [1.807, 2.05) is 26.0 Å². The van der Waals surface area contributed by atoms with Gasteiger partial charge in [-0.2, -0.15) is 0 Å². The van der Waals surface area contributed by atoms with E-state index in [0.717, 1.165) is 28.8 Å². The smallest absolute Gasteiger partial charge is 0.355 e. The molecule has 0 radical (unpaired) electrons. The molecule has 2 atom stereocenters. The maximum absolute atomic E-state index is 13.9. The van der Waals surface area contributed by atoms with Gasteiger partial charge in [0.1, 0.15) is 23.9 Å². The van der Waals surface area contributed by atoms with Crippen molar-refractivity contribution in [2.45, 2.75) is 32.9 Å². The number of aromatic nitrogens is 1. The van der Waals surface area contributed by atoms with Crippen molar-refractivity contribution in [3.05, 3.63) is 59.0 Å². The number of ether oxygens (including phenoxy) is 2. The zero-order valence-corrected chi connectivity index (χ0v) is 20.8. The third-order valence-corrected chi connectivity index (χ3v) is 5.93. The fraction of sp³-hybridized carbons (Fsp3) is 0.375. The number of nitrogens with one attached hydrogen (secondary N) is 3. The molecule has 0 aliphatic rings. The highest BCUT2D eigenvalue weighted by atomic mass is 32.2. The second-order valence-electron chi connectivity index (χ2n) is 8.30. The Bertz CT molecular complexity index is 1310. The van der Waals surface area contributed by atoms with E-state index in [2.05, 4.69) is 15.0 Å². The number of H-pyrrole nitrogens is 1. The minimum atomic E-state index is -3.65. The van der Waals surface area contributed by atoms with Gasteiger partial charge in [0, 0.05) is 24.0 Å². The summed E-state index contributed by atoms with van der Waals surface area (Å²) in [4.78, 5) is 15.2. The minimum Gasteiger partial charge on any atom is -0.492 e. The van der Waals surface area contributed by atoms with Crippen LogP contribution < -0.4 is 14.8 Å². The lowest BCUT2D eigenvalue weighted by Crippen LogP contribution is -2.35. The van der Waals surface area contributed by atoms with Gasteiger partial charge in [-0.1, -0.05) is 6.07 Å². The molecule has 2 aromatic carbocycles. The topological polar surface area (TPSA) is 130 Å². The molecule has 0 amide bonds. The third-order valence-electron chi connectivity index (χ3n) is 5.34. The number of fused-ring (bicyclic) bond motifs is 1. The predicted octanol–water partition coefficient (Wildman–Crippen LogP) is 3.25. The van der Waals surface area contributed by atoms with Crippen LogP contribution in [0.4, 0.5) is 10.1 Å². The zero-order chi connectivity index (χ0) is 25.8. The molecule has 1 heterocycles. The van der Waals surface area contributed by atoms with Crippen molar-refractivity contribution in [1.29, 1.82) is 0 Å². The summed E-state index contributed by atoms with van der Waals surface area (Å²) in [5, 5.41) is 14.5. The summed E-state index contributed by atoms with van der Waals surface area (Å²) in [6.07, 6.45) is -0.0648. The summed E-state index contributed by atoms with van der Waals surface area (Å²) in [5.41, 5.74) is 2.13. The molecule has 4 N–H and O–H groups in total. The summed E-state index contributed by atoms with van der Waals surface area (Å²) in [5.74, 6) is -0.525. The van der Waals surface area contributed by atoms with Gasteiger partial charge in [0.25, 0.3) is 0 Å². The van der Waals surface area contributed by atoms with Gasteiger partial charge in [-0.05, 0) is 56.2 Å². The average Bonchev–Trinajstić information content (AvgIpc) is 3.12. The van der Waals surface area contributed by atoms with Gasteiger partial charge < -0.3 is 24.9 Å². The summed E-state index contributed by atoms with van der Waals surface area (Å²) >= 11 is 0. The van der Waals surface area contributed by atoms with Crippen LogP contribution in [0.15, 0.2) is 36.4 Å². The fourth-order valence-corrected chi connectivity index (χ4v) is 4.11. The summed E-state index contributed by atoms with van der Waals surface area (Å²) < 4.78 is 49.7. The molecule has 35 heavy (non-hydrogen) atoms. The number of esters is 1. The van der Waals surface area contributed by atoms with E-state index in [-0.39, 0.29) is 18.3 Å². The Balaban J connectivity index is 1.57. The first kappa shape index (κ1) is 26.5. The molecular weight excluding hydrogens is 477 g/mol. The van der Waals surface area contributed by atoms with Gasteiger partial charge in [-0.3, -0.25) is 4.72 Å². The Morgan fingerprint density at radius 3 is 2.66 bits per heavy atom. The number of anilines is 1. The molecule has 3 aromatic rings. The minimum absolute atomic E-state index is 0.144. The Kier molecular flexibility index (Phi) is 8.36. The first-order valence-corrected chi connectivity index (χ1v) is 13.0. The van der Waals surface area contributed by atoms with E-state index < -0.39 is 27.9 Å². The first-order chi connectivity index (χ1) is 16.5. The van der Waals surface area contributed by atoms with Gasteiger partial charge in [0.2, 0.25) is 10.0 Å². The molecular formula is C24H30FN3O6S. The monoisotopic (exact) mass is 507 g/mol. The molecule has 3 rings (SSSR count). The molecule has 0 saturated heterocycles. The van der Waals surface area contributed by atoms with Crippen LogP contribution in [0.5, 0.6) is 5.75 Å². The molecule has 0 aliphatic heterocycles. The Hall–Kier alpha value is -3.15. The van der Waals surface area contributed by atoms with Gasteiger partial charge in [0.15, 0.2) is 0 Å². The van der Waals surface area contributed by atoms with E-state index in [4.69, 9.17) is 9.47 Å². The zero-order valence-electron chi connectivity index (χ0n) is 20.0. The van der Waals surface area contributed by atoms with E-state index in [9.17, 15) is 22.7 Å². The SMILES string of the molecule is CCOC(=O)c1[nH]c2cc(OC[C@@H](C)NC[C@H](O)c3ccc(F)c(NS(C)(=O)=O)c3)ccc2c1C. The number of rotatable bonds is 11. The van der Waals surface area contributed by atoms with Gasteiger partial charge in [-0.15, -0.1) is 0 Å². The van der Waals surface area contributed by atoms with E-state index in [1.165, 1.54) is 12.1 Å². The van der Waals surface area contributed by atoms with Crippen molar-refractivity contribution in [1.82, 2.24) is 10.3 Å². The number of carbonyl (C=O) groups excluding carboxylic acids is 1. The lowest BCUT2D eigenvalue weighted by atomic mass is 10.1. The van der Waals surface area contributed by atoms with Crippen LogP contribution in [0.2, 0.25) is 0 Å². The van der Waals surface area contributed by atoms with Crippen molar-refractivity contribution >= 4 is 32.6 Å². The van der Waals surface area contributed by atoms with Crippen LogP contribution in [0.25, 0.3) is 10.9 Å². The predicted molar refractivity (Wildman–Crippen MR) is 132 cm³/mol. The number of aromatic amines is 1. The van der Waals surface area contributed by atoms with Crippen molar-refractivity contribution in [2.24, 2.45) is 0 Å². The Labute approximate surface area is 203 Å². The number of aryl methyl sites for hydroxylation is 1. The highest BCUT2D eigenvalue weighted by Crippen LogP contribution is 2.26. The van der Waals surface area contributed by atoms with Crippen molar-refractivity contribution < 1.29 is 32.2 Å². The number of hydrogen-bond donors (Lipinski definition) is 4. The van der Waals surface area contributed by atoms with Crippen LogP contribution >= 0.6 is 0 Å². The van der Waals surface area contributed by atoms with Crippen molar-refractivity contribution in [3.63, 3.8) is 0 Å². The maximum atomic E-state index is 13.9. The van der Waals surface area contributed by atoms with E-state index in [1.54, 1.807) is 13.0 Å². The van der Waals surface area contributed by atoms with Gasteiger partial charge in [0.05, 0.1) is 30.2 Å². The molecule has 0 bridgehead atoms. The summed E-state index contributed by atoms with van der Waals surface area (Å²) in [7, 11) is -3.65. The first-order valence-electron chi connectivity index (χ1n) is 11.1. The number of halogens is 1. The molecule has 0 spiro atoms. The lowest BCUT2D eigenvalue weighted by Gasteiger charge is -2.19. The lowest BCUT2D eigenvalue weighted by molar-refractivity contribution is 0.0519. The van der Waals surface area contributed by atoms with E-state index >= 15 is 0 Å². The second kappa shape index (κ2) is 11.1. The fourth-order valence-electron chi connectivity index (χ4n) is 3.55. The van der Waals surface area contributed by atoms with E-state index in [0.29, 0.717) is 30.2 Å². The number of carbonyl (C=O) groups is 1. The standard InChI is InChI=1S/C24H30FN3O6S/c1-5-33-24(30)23-15(3)18-8-7-17(11-20(18)27-23)34-13-14(2)26-12-22(29)16-6-9-19(25)21(10-16)28-35(4,31)32/h6-11,14,22,26-29H,5,12-13H2,1-4H3/t14-,22+/m1/s1. The summed E-state index contributed by atoms with van der Waals surface area (Å²) in [6, 6.07) is 9.11. The number of aliphatic hydroxyl groups is 1. The van der Waals surface area contributed by atoms with Crippen LogP contribution in [0.1, 0.15) is 41.6 Å². The molecule has 9 nitrogen and oxygen atoms in total. The average molecular weight is 508 g/mol. The highest BCUT2D eigenvalue weighted by Gasteiger charge is 2.17. The summed E-state index contributed by atoms with van der Waals surface area (Å²) in [6.45, 7) is 6.22. The largest absolute Gasteiger partial charge is 0.492 e. The van der Waals surface area contributed by atoms with Crippen LogP contribution in [-0.4, -0.2) is 56.5 Å². The Morgan fingerprint density at radius 2 is 1.97 bits per heavy atom. The van der Waals surface area contributed by atoms with Crippen LogP contribution in [0.3, 0.4) is 0 Å². The second-order valence-corrected chi connectivity index (χ2v) is 10.1. The van der Waals surface area contributed by atoms with Gasteiger partial charge >= 0.3 is 5.97 Å². The molecule has 0 unspecified atom stereocenters. The van der Waals surface area contributed by atoms with Crippen molar-refractivity contribution in [2.75, 3.05) is 30.7 Å². The van der Waals surface area contributed by atoms with Crippen molar-refractivity contribution in [3.8, 4) is 5.75 Å². The molecule has 1 aromatic heterocycles. The molecule has 0 saturated carbocycles.